The minimum absolute atomic E-state index is 0.658. The van der Waals surface area contributed by atoms with E-state index in [4.69, 9.17) is 10.6 Å². The monoisotopic (exact) mass is 156 g/mol. The van der Waals surface area contributed by atoms with Crippen LogP contribution in [0.2, 0.25) is 0 Å². The van der Waals surface area contributed by atoms with Crippen LogP contribution in [-0.4, -0.2) is 23.5 Å². The van der Waals surface area contributed by atoms with Crippen molar-refractivity contribution >= 4 is 5.82 Å². The Morgan fingerprint density at radius 3 is 3.18 bits per heavy atom. The molecule has 0 bridgehead atoms. The van der Waals surface area contributed by atoms with Gasteiger partial charge in [-0.15, -0.1) is 0 Å². The molecule has 0 fully saturated rings. The number of hydrazine groups is 1. The molecule has 11 heavy (non-hydrogen) atoms. The first-order valence-electron chi connectivity index (χ1n) is 3.36. The van der Waals surface area contributed by atoms with Crippen molar-refractivity contribution in [1.29, 1.82) is 0 Å². The first kappa shape index (κ1) is 8.03. The Morgan fingerprint density at radius 1 is 1.82 bits per heavy atom. The number of hydrogen-bond acceptors (Lipinski definition) is 4. The van der Waals surface area contributed by atoms with E-state index >= 15 is 0 Å². The highest BCUT2D eigenvalue weighted by Gasteiger charge is 1.94. The molecule has 0 aliphatic rings. The lowest BCUT2D eigenvalue weighted by molar-refractivity contribution is 0.183. The lowest BCUT2D eigenvalue weighted by Gasteiger charge is -1.98. The van der Waals surface area contributed by atoms with Crippen molar-refractivity contribution in [2.45, 2.75) is 6.54 Å². The van der Waals surface area contributed by atoms with Crippen LogP contribution in [0.4, 0.5) is 5.82 Å². The van der Waals surface area contributed by atoms with E-state index in [9.17, 15) is 0 Å². The van der Waals surface area contributed by atoms with Crippen molar-refractivity contribution in [3.63, 3.8) is 0 Å². The van der Waals surface area contributed by atoms with Crippen LogP contribution in [0, 0.1) is 0 Å². The van der Waals surface area contributed by atoms with E-state index in [2.05, 4.69) is 10.5 Å². The topological polar surface area (TPSA) is 65.1 Å². The van der Waals surface area contributed by atoms with Gasteiger partial charge in [0, 0.05) is 19.4 Å². The van der Waals surface area contributed by atoms with Gasteiger partial charge in [0.2, 0.25) is 0 Å². The van der Waals surface area contributed by atoms with E-state index in [1.165, 1.54) is 0 Å². The van der Waals surface area contributed by atoms with Gasteiger partial charge in [-0.25, -0.2) is 5.84 Å². The van der Waals surface area contributed by atoms with Gasteiger partial charge in [-0.1, -0.05) is 0 Å². The molecule has 0 aromatic carbocycles. The fraction of sp³-hybridized carbons (Fsp3) is 0.500. The third-order valence-electron chi connectivity index (χ3n) is 1.31. The summed E-state index contributed by atoms with van der Waals surface area (Å²) in [5.74, 6) is 5.80. The number of nitrogens with one attached hydrogen (secondary N) is 1. The standard InChI is InChI=1S/C6H12N4O/c1-11-5-4-10-3-2-6(8-7)9-10/h2-3H,4-5,7H2,1H3,(H,8,9). The van der Waals surface area contributed by atoms with Gasteiger partial charge in [0.25, 0.3) is 0 Å². The van der Waals surface area contributed by atoms with E-state index in [1.54, 1.807) is 17.9 Å². The van der Waals surface area contributed by atoms with Gasteiger partial charge in [0.1, 0.15) is 0 Å². The molecule has 5 nitrogen and oxygen atoms in total. The third-order valence-corrected chi connectivity index (χ3v) is 1.31. The Labute approximate surface area is 65.1 Å². The average molecular weight is 156 g/mol. The molecule has 0 radical (unpaired) electrons. The summed E-state index contributed by atoms with van der Waals surface area (Å²) >= 11 is 0. The molecular weight excluding hydrogens is 144 g/mol. The van der Waals surface area contributed by atoms with Gasteiger partial charge in [-0.3, -0.25) is 4.68 Å². The fourth-order valence-corrected chi connectivity index (χ4v) is 0.748. The van der Waals surface area contributed by atoms with Crippen LogP contribution in [0.1, 0.15) is 0 Å². The molecule has 3 N–H and O–H groups in total. The Bertz CT molecular complexity index is 210. The van der Waals surface area contributed by atoms with Crippen LogP contribution < -0.4 is 11.3 Å². The summed E-state index contributed by atoms with van der Waals surface area (Å²) < 4.78 is 6.64. The number of anilines is 1. The van der Waals surface area contributed by atoms with Crippen molar-refractivity contribution in [3.05, 3.63) is 12.3 Å². The number of methoxy groups -OCH3 is 1. The van der Waals surface area contributed by atoms with E-state index in [0.717, 1.165) is 6.54 Å². The molecule has 1 aromatic heterocycles. The summed E-state index contributed by atoms with van der Waals surface area (Å²) in [5, 5.41) is 4.07. The van der Waals surface area contributed by atoms with Crippen LogP contribution in [0.25, 0.3) is 0 Å². The van der Waals surface area contributed by atoms with Crippen molar-refractivity contribution in [3.8, 4) is 0 Å². The maximum absolute atomic E-state index is 5.13. The number of ether oxygens (including phenoxy) is 1. The number of aromatic nitrogens is 2. The largest absolute Gasteiger partial charge is 0.383 e. The lowest BCUT2D eigenvalue weighted by atomic mass is 10.6. The molecule has 5 heteroatoms. The Morgan fingerprint density at radius 2 is 2.64 bits per heavy atom. The Hall–Kier alpha value is -1.07. The zero-order valence-corrected chi connectivity index (χ0v) is 6.45. The van der Waals surface area contributed by atoms with Gasteiger partial charge in [-0.2, -0.15) is 5.10 Å². The number of nitrogen functional groups attached to an aromatic ring is 1. The van der Waals surface area contributed by atoms with Crippen molar-refractivity contribution in [2.75, 3.05) is 19.1 Å². The molecule has 0 saturated heterocycles. The normalized spacial score (nSPS) is 10.0. The molecule has 0 aliphatic carbocycles. The maximum atomic E-state index is 5.13. The second-order valence-corrected chi connectivity index (χ2v) is 2.10. The first-order chi connectivity index (χ1) is 5.36. The van der Waals surface area contributed by atoms with Crippen LogP contribution in [0.15, 0.2) is 12.3 Å². The van der Waals surface area contributed by atoms with Gasteiger partial charge in [-0.05, 0) is 0 Å². The number of hydrogen-bond donors (Lipinski definition) is 2. The third kappa shape index (κ3) is 2.21. The molecule has 0 saturated carbocycles. The number of rotatable bonds is 4. The molecule has 0 spiro atoms. The first-order valence-corrected chi connectivity index (χ1v) is 3.36. The molecule has 1 aromatic rings. The summed E-state index contributed by atoms with van der Waals surface area (Å²) in [7, 11) is 1.66. The minimum Gasteiger partial charge on any atom is -0.383 e. The fourth-order valence-electron chi connectivity index (χ4n) is 0.748. The second-order valence-electron chi connectivity index (χ2n) is 2.10. The molecule has 1 rings (SSSR count). The molecule has 0 amide bonds. The predicted octanol–water partition coefficient (Wildman–Crippen LogP) is -0.185. The van der Waals surface area contributed by atoms with E-state index in [-0.39, 0.29) is 0 Å². The molecule has 1 heterocycles. The van der Waals surface area contributed by atoms with Gasteiger partial charge in [0.05, 0.1) is 13.2 Å². The van der Waals surface area contributed by atoms with Crippen LogP contribution in [-0.2, 0) is 11.3 Å². The lowest BCUT2D eigenvalue weighted by Crippen LogP contribution is -2.09. The zero-order chi connectivity index (χ0) is 8.10. The summed E-state index contributed by atoms with van der Waals surface area (Å²) in [4.78, 5) is 0. The highest BCUT2D eigenvalue weighted by molar-refractivity contribution is 5.29. The van der Waals surface area contributed by atoms with E-state index in [1.807, 2.05) is 6.20 Å². The molecule has 62 valence electrons. The molecule has 0 atom stereocenters. The van der Waals surface area contributed by atoms with Crippen LogP contribution in [0.5, 0.6) is 0 Å². The Balaban J connectivity index is 2.44. The smallest absolute Gasteiger partial charge is 0.161 e. The second kappa shape index (κ2) is 3.95. The minimum atomic E-state index is 0.658. The summed E-state index contributed by atoms with van der Waals surface area (Å²) in [6.45, 7) is 1.41. The van der Waals surface area contributed by atoms with Gasteiger partial charge >= 0.3 is 0 Å². The van der Waals surface area contributed by atoms with E-state index < -0.39 is 0 Å². The highest BCUT2D eigenvalue weighted by atomic mass is 16.5. The number of nitrogens with two attached hydrogens (primary N) is 1. The number of nitrogens with zero attached hydrogens (tertiary/aromatic N) is 2. The summed E-state index contributed by atoms with van der Waals surface area (Å²) in [6, 6.07) is 1.80. The van der Waals surface area contributed by atoms with E-state index in [0.29, 0.717) is 12.4 Å². The Kier molecular flexibility index (Phi) is 2.88. The van der Waals surface area contributed by atoms with Crippen molar-refractivity contribution < 1.29 is 4.74 Å². The highest BCUT2D eigenvalue weighted by Crippen LogP contribution is 1.98. The SMILES string of the molecule is COCCn1ccc(NN)n1. The van der Waals surface area contributed by atoms with Gasteiger partial charge in [0.15, 0.2) is 5.82 Å². The molecular formula is C6H12N4O. The molecule has 0 aliphatic heterocycles. The average Bonchev–Trinajstić information content (AvgIpc) is 2.48. The zero-order valence-electron chi connectivity index (χ0n) is 6.45. The van der Waals surface area contributed by atoms with Crippen molar-refractivity contribution in [2.24, 2.45) is 5.84 Å². The van der Waals surface area contributed by atoms with Crippen LogP contribution >= 0.6 is 0 Å². The molecule has 0 unspecified atom stereocenters. The van der Waals surface area contributed by atoms with Crippen molar-refractivity contribution in [1.82, 2.24) is 9.78 Å². The maximum Gasteiger partial charge on any atom is 0.161 e. The predicted molar refractivity (Wildman–Crippen MR) is 41.9 cm³/mol. The van der Waals surface area contributed by atoms with Crippen LogP contribution in [0.3, 0.4) is 0 Å². The summed E-state index contributed by atoms with van der Waals surface area (Å²) in [5.41, 5.74) is 2.45. The quantitative estimate of drug-likeness (QED) is 0.468. The summed E-state index contributed by atoms with van der Waals surface area (Å²) in [6.07, 6.45) is 1.84. The van der Waals surface area contributed by atoms with Gasteiger partial charge < -0.3 is 10.2 Å².